The summed E-state index contributed by atoms with van der Waals surface area (Å²) >= 11 is 2.90. The molecule has 4 rings (SSSR count). The SMILES string of the molecule is CN(C)c1cccc(CC(=O)Nc2nnc(C3CCC(c4nnc(N)s4)C3)s2)n1. The van der Waals surface area contributed by atoms with Crippen molar-refractivity contribution in [3.05, 3.63) is 33.9 Å². The van der Waals surface area contributed by atoms with Crippen molar-refractivity contribution in [3.8, 4) is 0 Å². The van der Waals surface area contributed by atoms with Gasteiger partial charge in [0.05, 0.1) is 12.1 Å². The van der Waals surface area contributed by atoms with Crippen molar-refractivity contribution in [3.63, 3.8) is 0 Å². The second-order valence-corrected chi connectivity index (χ2v) is 9.29. The van der Waals surface area contributed by atoms with Crippen molar-refractivity contribution >= 4 is 44.7 Å². The molecule has 2 unspecified atom stereocenters. The molecule has 3 aromatic heterocycles. The average Bonchev–Trinajstić information content (AvgIpc) is 3.42. The lowest BCUT2D eigenvalue weighted by Gasteiger charge is -2.11. The summed E-state index contributed by atoms with van der Waals surface area (Å²) in [6.45, 7) is 0. The van der Waals surface area contributed by atoms with Crippen LogP contribution < -0.4 is 16.0 Å². The zero-order chi connectivity index (χ0) is 20.4. The summed E-state index contributed by atoms with van der Waals surface area (Å²) < 4.78 is 0. The van der Waals surface area contributed by atoms with Crippen LogP contribution in [0.15, 0.2) is 18.2 Å². The molecule has 1 fully saturated rings. The summed E-state index contributed by atoms with van der Waals surface area (Å²) in [4.78, 5) is 18.8. The van der Waals surface area contributed by atoms with Gasteiger partial charge < -0.3 is 16.0 Å². The number of aromatic nitrogens is 5. The van der Waals surface area contributed by atoms with Gasteiger partial charge in [-0.25, -0.2) is 4.98 Å². The molecule has 1 saturated carbocycles. The third-order valence-electron chi connectivity index (χ3n) is 4.87. The van der Waals surface area contributed by atoms with Gasteiger partial charge in [-0.05, 0) is 31.4 Å². The Morgan fingerprint density at radius 3 is 2.55 bits per heavy atom. The molecule has 0 aliphatic heterocycles. The molecule has 3 N–H and O–H groups in total. The van der Waals surface area contributed by atoms with Crippen LogP contribution in [-0.4, -0.2) is 45.4 Å². The number of hydrogen-bond acceptors (Lipinski definition) is 10. The van der Waals surface area contributed by atoms with Crippen LogP contribution in [0.2, 0.25) is 0 Å². The number of carbonyl (C=O) groups excluding carboxylic acids is 1. The molecule has 3 aromatic rings. The molecule has 29 heavy (non-hydrogen) atoms. The minimum absolute atomic E-state index is 0.148. The van der Waals surface area contributed by atoms with E-state index in [1.807, 2.05) is 37.2 Å². The summed E-state index contributed by atoms with van der Waals surface area (Å²) in [6.07, 6.45) is 3.21. The van der Waals surface area contributed by atoms with E-state index in [0.29, 0.717) is 27.8 Å². The second kappa shape index (κ2) is 8.37. The van der Waals surface area contributed by atoms with E-state index < -0.39 is 0 Å². The Hall–Kier alpha value is -2.66. The number of carbonyl (C=O) groups is 1. The quantitative estimate of drug-likeness (QED) is 0.612. The van der Waals surface area contributed by atoms with Crippen LogP contribution >= 0.6 is 22.7 Å². The molecule has 0 radical (unpaired) electrons. The van der Waals surface area contributed by atoms with Crippen LogP contribution in [-0.2, 0) is 11.2 Å². The first-order chi connectivity index (χ1) is 14.0. The zero-order valence-corrected chi connectivity index (χ0v) is 17.8. The van der Waals surface area contributed by atoms with Gasteiger partial charge in [-0.2, -0.15) is 0 Å². The Bertz CT molecular complexity index is 1000. The van der Waals surface area contributed by atoms with Crippen LogP contribution in [0, 0.1) is 0 Å². The smallest absolute Gasteiger partial charge is 0.232 e. The molecule has 0 bridgehead atoms. The van der Waals surface area contributed by atoms with Gasteiger partial charge in [-0.1, -0.05) is 28.7 Å². The van der Waals surface area contributed by atoms with Crippen molar-refractivity contribution in [2.24, 2.45) is 0 Å². The van der Waals surface area contributed by atoms with Gasteiger partial charge >= 0.3 is 0 Å². The number of nitrogens with zero attached hydrogens (tertiary/aromatic N) is 6. The number of amides is 1. The summed E-state index contributed by atoms with van der Waals surface area (Å²) in [7, 11) is 3.84. The highest BCUT2D eigenvalue weighted by atomic mass is 32.1. The molecule has 1 aliphatic rings. The third-order valence-corrected chi connectivity index (χ3v) is 6.78. The molecular weight excluding hydrogens is 408 g/mol. The molecule has 2 atom stereocenters. The number of nitrogens with two attached hydrogens (primary N) is 1. The topological polar surface area (TPSA) is 123 Å². The van der Waals surface area contributed by atoms with E-state index in [4.69, 9.17) is 5.73 Å². The van der Waals surface area contributed by atoms with Crippen molar-refractivity contribution < 1.29 is 4.79 Å². The monoisotopic (exact) mass is 430 g/mol. The lowest BCUT2D eigenvalue weighted by Crippen LogP contribution is -2.16. The lowest BCUT2D eigenvalue weighted by molar-refractivity contribution is -0.115. The first-order valence-electron chi connectivity index (χ1n) is 9.33. The first-order valence-corrected chi connectivity index (χ1v) is 11.0. The zero-order valence-electron chi connectivity index (χ0n) is 16.2. The predicted molar refractivity (Wildman–Crippen MR) is 114 cm³/mol. The molecule has 1 aliphatic carbocycles. The van der Waals surface area contributed by atoms with E-state index >= 15 is 0 Å². The number of anilines is 3. The number of rotatable bonds is 6. The summed E-state index contributed by atoms with van der Waals surface area (Å²) in [6, 6.07) is 5.65. The standard InChI is InChI=1S/C18H22N8OS2/c1-26(2)13-5-3-4-12(20-13)9-14(27)21-18-25-23-16(29-18)11-7-6-10(8-11)15-22-24-17(19)28-15/h3-5,10-11H,6-9H2,1-2H3,(H2,19,24)(H,21,25,27). The van der Waals surface area contributed by atoms with Gasteiger partial charge in [0.1, 0.15) is 15.8 Å². The minimum atomic E-state index is -0.148. The summed E-state index contributed by atoms with van der Waals surface area (Å²) in [5, 5.41) is 22.4. The van der Waals surface area contributed by atoms with E-state index in [1.165, 1.54) is 22.7 Å². The third kappa shape index (κ3) is 4.67. The fourth-order valence-electron chi connectivity index (χ4n) is 3.43. The fraction of sp³-hybridized carbons (Fsp3) is 0.444. The van der Waals surface area contributed by atoms with Gasteiger partial charge in [0.2, 0.25) is 16.2 Å². The van der Waals surface area contributed by atoms with Crippen molar-refractivity contribution in [2.45, 2.75) is 37.5 Å². The van der Waals surface area contributed by atoms with Crippen molar-refractivity contribution in [1.82, 2.24) is 25.4 Å². The van der Waals surface area contributed by atoms with E-state index in [0.717, 1.165) is 35.1 Å². The molecule has 3 heterocycles. The average molecular weight is 431 g/mol. The van der Waals surface area contributed by atoms with Crippen LogP contribution in [0.25, 0.3) is 0 Å². The number of hydrogen-bond donors (Lipinski definition) is 2. The van der Waals surface area contributed by atoms with Crippen molar-refractivity contribution in [1.29, 1.82) is 0 Å². The molecular formula is C18H22N8OS2. The van der Waals surface area contributed by atoms with Crippen LogP contribution in [0.3, 0.4) is 0 Å². The Balaban J connectivity index is 1.34. The maximum atomic E-state index is 12.4. The van der Waals surface area contributed by atoms with Crippen LogP contribution in [0.4, 0.5) is 16.1 Å². The Kier molecular flexibility index (Phi) is 5.67. The normalized spacial score (nSPS) is 18.7. The first kappa shape index (κ1) is 19.6. The number of nitrogen functional groups attached to an aromatic ring is 1. The van der Waals surface area contributed by atoms with Gasteiger partial charge in [0, 0.05) is 25.9 Å². The molecule has 0 spiro atoms. The van der Waals surface area contributed by atoms with E-state index in [-0.39, 0.29) is 12.3 Å². The maximum absolute atomic E-state index is 12.4. The molecule has 0 aromatic carbocycles. The number of nitrogens with one attached hydrogen (secondary N) is 1. The molecule has 11 heteroatoms. The fourth-order valence-corrected chi connectivity index (χ4v) is 5.10. The van der Waals surface area contributed by atoms with E-state index in [2.05, 4.69) is 30.7 Å². The van der Waals surface area contributed by atoms with E-state index in [1.54, 1.807) is 0 Å². The summed E-state index contributed by atoms with van der Waals surface area (Å²) in [5.41, 5.74) is 6.41. The lowest BCUT2D eigenvalue weighted by atomic mass is 10.1. The van der Waals surface area contributed by atoms with Gasteiger partial charge in [-0.3, -0.25) is 4.79 Å². The highest BCUT2D eigenvalue weighted by Gasteiger charge is 2.31. The second-order valence-electron chi connectivity index (χ2n) is 7.24. The molecule has 152 valence electrons. The Morgan fingerprint density at radius 1 is 1.14 bits per heavy atom. The van der Waals surface area contributed by atoms with Crippen LogP contribution in [0.1, 0.15) is 46.8 Å². The van der Waals surface area contributed by atoms with Gasteiger partial charge in [-0.15, -0.1) is 20.4 Å². The number of pyridine rings is 1. The highest BCUT2D eigenvalue weighted by molar-refractivity contribution is 7.15. The molecule has 0 saturated heterocycles. The Morgan fingerprint density at radius 2 is 1.86 bits per heavy atom. The highest BCUT2D eigenvalue weighted by Crippen LogP contribution is 2.45. The summed E-state index contributed by atoms with van der Waals surface area (Å²) in [5.74, 6) is 1.37. The Labute approximate surface area is 176 Å². The van der Waals surface area contributed by atoms with Gasteiger partial charge in [0.15, 0.2) is 0 Å². The largest absolute Gasteiger partial charge is 0.374 e. The molecule has 9 nitrogen and oxygen atoms in total. The van der Waals surface area contributed by atoms with Crippen LogP contribution in [0.5, 0.6) is 0 Å². The van der Waals surface area contributed by atoms with E-state index in [9.17, 15) is 4.79 Å². The van der Waals surface area contributed by atoms with Gasteiger partial charge in [0.25, 0.3) is 0 Å². The predicted octanol–water partition coefficient (Wildman–Crippen LogP) is 2.67. The van der Waals surface area contributed by atoms with Crippen molar-refractivity contribution in [2.75, 3.05) is 30.0 Å². The maximum Gasteiger partial charge on any atom is 0.232 e. The minimum Gasteiger partial charge on any atom is -0.374 e. The molecule has 1 amide bonds.